The van der Waals surface area contributed by atoms with Gasteiger partial charge in [0.25, 0.3) is 0 Å². The lowest BCUT2D eigenvalue weighted by Crippen LogP contribution is -2.39. The van der Waals surface area contributed by atoms with Crippen molar-refractivity contribution in [3.63, 3.8) is 0 Å². The van der Waals surface area contributed by atoms with E-state index in [-0.39, 0.29) is 12.1 Å². The van der Waals surface area contributed by atoms with E-state index in [0.717, 1.165) is 12.2 Å². The molecule has 1 aliphatic heterocycles. The van der Waals surface area contributed by atoms with Gasteiger partial charge in [0.15, 0.2) is 0 Å². The largest absolute Gasteiger partial charge is 0.375 e. The average Bonchev–Trinajstić information content (AvgIpc) is 2.77. The van der Waals surface area contributed by atoms with Crippen LogP contribution in [0.5, 0.6) is 0 Å². The first-order valence-electron chi connectivity index (χ1n) is 5.99. The number of nitrogens with one attached hydrogen (secondary N) is 1. The smallest absolute Gasteiger partial charge is 0.107 e. The summed E-state index contributed by atoms with van der Waals surface area (Å²) in [6, 6.07) is 0.112. The first kappa shape index (κ1) is 11.6. The minimum Gasteiger partial charge on any atom is -0.375 e. The van der Waals surface area contributed by atoms with E-state index in [2.05, 4.69) is 30.7 Å². The lowest BCUT2D eigenvalue weighted by molar-refractivity contribution is 0.0489. The standard InChI is InChI=1S/C12H21N3O/c1-7-8(2)16-9(3)12(7)10(13)6-11-14-4-5-15-11/h4-5,7-10,12H,6,13H2,1-3H3,(H,14,15). The van der Waals surface area contributed by atoms with E-state index in [4.69, 9.17) is 10.5 Å². The molecule has 1 aromatic rings. The van der Waals surface area contributed by atoms with Crippen LogP contribution in [0, 0.1) is 11.8 Å². The van der Waals surface area contributed by atoms with Crippen LogP contribution in [0.2, 0.25) is 0 Å². The Bertz CT molecular complexity index is 325. The summed E-state index contributed by atoms with van der Waals surface area (Å²) < 4.78 is 5.82. The number of ether oxygens (including phenoxy) is 1. The molecule has 1 aromatic heterocycles. The van der Waals surface area contributed by atoms with Crippen molar-refractivity contribution in [3.8, 4) is 0 Å². The fraction of sp³-hybridized carbons (Fsp3) is 0.750. The Morgan fingerprint density at radius 1 is 1.44 bits per heavy atom. The second-order valence-corrected chi connectivity index (χ2v) is 4.89. The lowest BCUT2D eigenvalue weighted by atomic mass is 9.82. The monoisotopic (exact) mass is 223 g/mol. The average molecular weight is 223 g/mol. The van der Waals surface area contributed by atoms with E-state index in [1.54, 1.807) is 6.20 Å². The molecule has 5 unspecified atom stereocenters. The Hall–Kier alpha value is -0.870. The van der Waals surface area contributed by atoms with Gasteiger partial charge >= 0.3 is 0 Å². The molecule has 3 N–H and O–H groups in total. The van der Waals surface area contributed by atoms with Gasteiger partial charge in [0.05, 0.1) is 12.2 Å². The van der Waals surface area contributed by atoms with Crippen molar-refractivity contribution >= 4 is 0 Å². The van der Waals surface area contributed by atoms with E-state index < -0.39 is 0 Å². The number of nitrogens with two attached hydrogens (primary N) is 1. The molecule has 0 spiro atoms. The molecule has 1 aliphatic rings. The van der Waals surface area contributed by atoms with Crippen molar-refractivity contribution in [1.29, 1.82) is 0 Å². The number of aromatic nitrogens is 2. The van der Waals surface area contributed by atoms with Crippen molar-refractivity contribution in [2.75, 3.05) is 0 Å². The van der Waals surface area contributed by atoms with E-state index in [0.29, 0.717) is 17.9 Å². The van der Waals surface area contributed by atoms with Crippen molar-refractivity contribution in [2.45, 2.75) is 45.4 Å². The minimum atomic E-state index is 0.112. The summed E-state index contributed by atoms with van der Waals surface area (Å²) in [6.45, 7) is 6.47. The fourth-order valence-electron chi connectivity index (χ4n) is 2.80. The Kier molecular flexibility index (Phi) is 3.30. The Balaban J connectivity index is 2.01. The van der Waals surface area contributed by atoms with Gasteiger partial charge in [-0.05, 0) is 19.8 Å². The second-order valence-electron chi connectivity index (χ2n) is 4.89. The van der Waals surface area contributed by atoms with Gasteiger partial charge in [0, 0.05) is 30.8 Å². The molecule has 0 amide bonds. The van der Waals surface area contributed by atoms with Crippen molar-refractivity contribution in [3.05, 3.63) is 18.2 Å². The zero-order valence-corrected chi connectivity index (χ0v) is 10.2. The number of H-pyrrole nitrogens is 1. The molecule has 0 bridgehead atoms. The summed E-state index contributed by atoms with van der Waals surface area (Å²) in [7, 11) is 0. The summed E-state index contributed by atoms with van der Waals surface area (Å²) in [5.74, 6) is 1.89. The maximum Gasteiger partial charge on any atom is 0.107 e. The van der Waals surface area contributed by atoms with E-state index in [9.17, 15) is 0 Å². The SMILES string of the molecule is CC1OC(C)C(C(N)Cc2ncc[nH]2)C1C. The third-order valence-electron chi connectivity index (χ3n) is 3.80. The van der Waals surface area contributed by atoms with Gasteiger partial charge in [-0.1, -0.05) is 6.92 Å². The molecule has 0 aromatic carbocycles. The first-order valence-corrected chi connectivity index (χ1v) is 5.99. The maximum absolute atomic E-state index is 6.27. The molecule has 90 valence electrons. The van der Waals surface area contributed by atoms with Crippen LogP contribution < -0.4 is 5.73 Å². The Morgan fingerprint density at radius 3 is 2.69 bits per heavy atom. The molecule has 16 heavy (non-hydrogen) atoms. The predicted molar refractivity (Wildman–Crippen MR) is 62.9 cm³/mol. The highest BCUT2D eigenvalue weighted by molar-refractivity contribution is 4.97. The zero-order valence-electron chi connectivity index (χ0n) is 10.2. The molecular weight excluding hydrogens is 202 g/mol. The van der Waals surface area contributed by atoms with Crippen molar-refractivity contribution in [1.82, 2.24) is 9.97 Å². The number of aromatic amines is 1. The molecule has 4 heteroatoms. The van der Waals surface area contributed by atoms with Gasteiger partial charge < -0.3 is 15.5 Å². The van der Waals surface area contributed by atoms with E-state index >= 15 is 0 Å². The summed E-state index contributed by atoms with van der Waals surface area (Å²) in [6.07, 6.45) is 4.95. The van der Waals surface area contributed by atoms with Gasteiger partial charge in [0.1, 0.15) is 5.82 Å². The number of hydrogen-bond donors (Lipinski definition) is 2. The van der Waals surface area contributed by atoms with Crippen molar-refractivity contribution < 1.29 is 4.74 Å². The summed E-state index contributed by atoms with van der Waals surface area (Å²) >= 11 is 0. The van der Waals surface area contributed by atoms with Crippen LogP contribution >= 0.6 is 0 Å². The summed E-state index contributed by atoms with van der Waals surface area (Å²) in [5, 5.41) is 0. The van der Waals surface area contributed by atoms with Crippen LogP contribution in [-0.2, 0) is 11.2 Å². The van der Waals surface area contributed by atoms with Crippen LogP contribution in [-0.4, -0.2) is 28.2 Å². The maximum atomic E-state index is 6.27. The molecule has 2 heterocycles. The highest BCUT2D eigenvalue weighted by Gasteiger charge is 2.40. The summed E-state index contributed by atoms with van der Waals surface area (Å²) in [4.78, 5) is 7.32. The van der Waals surface area contributed by atoms with Gasteiger partial charge in [-0.15, -0.1) is 0 Å². The number of imidazole rings is 1. The molecule has 1 fully saturated rings. The van der Waals surface area contributed by atoms with E-state index in [1.165, 1.54) is 0 Å². The van der Waals surface area contributed by atoms with Crippen LogP contribution in [0.1, 0.15) is 26.6 Å². The molecule has 0 aliphatic carbocycles. The third-order valence-corrected chi connectivity index (χ3v) is 3.80. The molecule has 5 atom stereocenters. The highest BCUT2D eigenvalue weighted by atomic mass is 16.5. The topological polar surface area (TPSA) is 63.9 Å². The zero-order chi connectivity index (χ0) is 11.7. The Labute approximate surface area is 96.6 Å². The van der Waals surface area contributed by atoms with Crippen LogP contribution in [0.4, 0.5) is 0 Å². The third kappa shape index (κ3) is 2.13. The molecular formula is C12H21N3O. The first-order chi connectivity index (χ1) is 7.59. The summed E-state index contributed by atoms with van der Waals surface area (Å²) in [5.41, 5.74) is 6.27. The minimum absolute atomic E-state index is 0.112. The van der Waals surface area contributed by atoms with Gasteiger partial charge in [-0.25, -0.2) is 4.98 Å². The second kappa shape index (κ2) is 4.55. The van der Waals surface area contributed by atoms with Crippen molar-refractivity contribution in [2.24, 2.45) is 17.6 Å². The number of rotatable bonds is 3. The van der Waals surface area contributed by atoms with Crippen LogP contribution in [0.15, 0.2) is 12.4 Å². The molecule has 0 saturated carbocycles. The van der Waals surface area contributed by atoms with Gasteiger partial charge in [-0.3, -0.25) is 0 Å². The highest BCUT2D eigenvalue weighted by Crippen LogP contribution is 2.34. The van der Waals surface area contributed by atoms with Crippen LogP contribution in [0.25, 0.3) is 0 Å². The number of nitrogens with zero attached hydrogens (tertiary/aromatic N) is 1. The molecule has 1 saturated heterocycles. The van der Waals surface area contributed by atoms with Crippen LogP contribution in [0.3, 0.4) is 0 Å². The molecule has 0 radical (unpaired) electrons. The van der Waals surface area contributed by atoms with Gasteiger partial charge in [0.2, 0.25) is 0 Å². The quantitative estimate of drug-likeness (QED) is 0.812. The normalized spacial score (nSPS) is 36.5. The number of hydrogen-bond acceptors (Lipinski definition) is 3. The fourth-order valence-corrected chi connectivity index (χ4v) is 2.80. The lowest BCUT2D eigenvalue weighted by Gasteiger charge is -2.24. The Morgan fingerprint density at radius 2 is 2.19 bits per heavy atom. The molecule has 2 rings (SSSR count). The molecule has 4 nitrogen and oxygen atoms in total. The van der Waals surface area contributed by atoms with Gasteiger partial charge in [-0.2, -0.15) is 0 Å². The van der Waals surface area contributed by atoms with E-state index in [1.807, 2.05) is 6.20 Å². The predicted octanol–water partition coefficient (Wildman–Crippen LogP) is 1.34.